The average Bonchev–Trinajstić information content (AvgIpc) is 4.03. The van der Waals surface area contributed by atoms with Gasteiger partial charge in [0.25, 0.3) is 0 Å². The fourth-order valence-corrected chi connectivity index (χ4v) is 7.86. The maximum Gasteiger partial charge on any atom is 0.421 e. The molecule has 0 saturated heterocycles. The zero-order chi connectivity index (χ0) is 43.0. The Hall–Kier alpha value is -7.34. The molecule has 4 aromatic carbocycles. The lowest BCUT2D eigenvalue weighted by atomic mass is 10.2. The van der Waals surface area contributed by atoms with Gasteiger partial charge in [-0.15, -0.1) is 0 Å². The monoisotopic (exact) mass is 824 g/mol. The summed E-state index contributed by atoms with van der Waals surface area (Å²) < 4.78 is 12.9. The normalized spacial score (nSPS) is 11.6. The Kier molecular flexibility index (Phi) is 12.6. The molecule has 4 heterocycles. The van der Waals surface area contributed by atoms with Gasteiger partial charge in [-0.05, 0) is 162 Å². The van der Waals surface area contributed by atoms with Crippen LogP contribution in [0.2, 0.25) is 0 Å². The molecule has 0 saturated carbocycles. The van der Waals surface area contributed by atoms with Crippen LogP contribution in [0.4, 0.5) is 46.0 Å². The molecule has 0 unspecified atom stereocenters. The predicted octanol–water partition coefficient (Wildman–Crippen LogP) is 12.3. The van der Waals surface area contributed by atoms with Gasteiger partial charge in [-0.3, -0.25) is 0 Å². The zero-order valence-electron chi connectivity index (χ0n) is 36.6. The van der Waals surface area contributed by atoms with Crippen LogP contribution in [0.15, 0.2) is 167 Å². The van der Waals surface area contributed by atoms with E-state index in [0.717, 1.165) is 96.2 Å². The summed E-state index contributed by atoms with van der Waals surface area (Å²) in [7, 11) is 4.02. The van der Waals surface area contributed by atoms with Crippen molar-refractivity contribution in [1.82, 2.24) is 18.3 Å². The van der Waals surface area contributed by atoms with Gasteiger partial charge in [0.1, 0.15) is 11.4 Å². The van der Waals surface area contributed by atoms with Crippen molar-refractivity contribution in [1.29, 1.82) is 0 Å². The Bertz CT molecular complexity index is 2550. The summed E-state index contributed by atoms with van der Waals surface area (Å²) in [4.78, 5) is 0. The standard InChI is InChI=1S/C50H54N12/c1-37-11-12-38(2)61(37)47-27-23-43(24-28-47)51-41-15-19-45(20-16-41)53-55-49-57(5)33-35-59(49)31-9-7-8-10-32-60-36-34-58(6)50(60)56-54-46-21-17-42(18-22-46)52-44-25-29-48(30-26-44)62-39(3)13-14-40(62)4/h11-30,33-36H,7-10,31-32H2,1-6H3/p+2. The van der Waals surface area contributed by atoms with Crippen LogP contribution in [-0.4, -0.2) is 18.3 Å². The lowest BCUT2D eigenvalue weighted by Crippen LogP contribution is -2.25. The van der Waals surface area contributed by atoms with Crippen LogP contribution >= 0.6 is 0 Å². The van der Waals surface area contributed by atoms with E-state index < -0.39 is 0 Å². The van der Waals surface area contributed by atoms with Gasteiger partial charge in [-0.2, -0.15) is 0 Å². The van der Waals surface area contributed by atoms with E-state index in [2.05, 4.69) is 162 Å². The van der Waals surface area contributed by atoms with Gasteiger partial charge in [0.05, 0.1) is 52.0 Å². The van der Waals surface area contributed by atoms with Gasteiger partial charge in [0.15, 0.2) is 0 Å². The number of nitrogens with zero attached hydrogens (tertiary/aromatic N) is 10. The number of unbranched alkanes of at least 4 members (excludes halogenated alkanes) is 3. The number of azo groups is 2. The maximum absolute atomic E-state index is 4.64. The molecule has 4 aromatic heterocycles. The van der Waals surface area contributed by atoms with Gasteiger partial charge in [-0.25, -0.2) is 18.3 Å². The summed E-state index contributed by atoms with van der Waals surface area (Å²) in [6, 6.07) is 41.7. The minimum absolute atomic E-state index is 0.802. The molecule has 0 spiro atoms. The number of nitrogens with one attached hydrogen (secondary N) is 2. The van der Waals surface area contributed by atoms with Gasteiger partial charge in [0.2, 0.25) is 0 Å². The van der Waals surface area contributed by atoms with Crippen molar-refractivity contribution in [2.24, 2.45) is 34.6 Å². The first kappa shape index (κ1) is 41.4. The van der Waals surface area contributed by atoms with Crippen molar-refractivity contribution in [3.05, 3.63) is 169 Å². The number of aryl methyl sites for hydroxylation is 8. The van der Waals surface area contributed by atoms with Gasteiger partial charge < -0.3 is 19.8 Å². The molecule has 0 amide bonds. The summed E-state index contributed by atoms with van der Waals surface area (Å²) >= 11 is 0. The van der Waals surface area contributed by atoms with Gasteiger partial charge in [-0.1, -0.05) is 23.1 Å². The molecule has 0 aliphatic heterocycles. The molecule has 0 atom stereocenters. The number of benzene rings is 4. The first-order chi connectivity index (χ1) is 30.2. The van der Waals surface area contributed by atoms with Crippen molar-refractivity contribution in [2.45, 2.75) is 66.5 Å². The van der Waals surface area contributed by atoms with Crippen LogP contribution in [-0.2, 0) is 27.2 Å². The van der Waals surface area contributed by atoms with Crippen molar-refractivity contribution in [2.75, 3.05) is 10.6 Å². The molecule has 0 aliphatic carbocycles. The van der Waals surface area contributed by atoms with Crippen LogP contribution in [0, 0.1) is 27.7 Å². The second-order valence-corrected chi connectivity index (χ2v) is 16.0. The minimum atomic E-state index is 0.802. The van der Waals surface area contributed by atoms with Crippen LogP contribution in [0.1, 0.15) is 48.5 Å². The lowest BCUT2D eigenvalue weighted by molar-refractivity contribution is -0.657. The summed E-state index contributed by atoms with van der Waals surface area (Å²) in [5.41, 5.74) is 12.9. The number of hydrogen-bond donors (Lipinski definition) is 2. The highest BCUT2D eigenvalue weighted by molar-refractivity contribution is 5.64. The molecule has 0 aliphatic rings. The van der Waals surface area contributed by atoms with E-state index in [1.165, 1.54) is 22.8 Å². The van der Waals surface area contributed by atoms with Crippen molar-refractivity contribution in [3.63, 3.8) is 0 Å². The Labute approximate surface area is 364 Å². The van der Waals surface area contributed by atoms with E-state index >= 15 is 0 Å². The third-order valence-corrected chi connectivity index (χ3v) is 11.2. The van der Waals surface area contributed by atoms with E-state index in [1.54, 1.807) is 0 Å². The van der Waals surface area contributed by atoms with Gasteiger partial charge >= 0.3 is 11.9 Å². The van der Waals surface area contributed by atoms with E-state index in [1.807, 2.05) is 84.2 Å². The Morgan fingerprint density at radius 2 is 0.726 bits per heavy atom. The number of imidazole rings is 2. The zero-order valence-corrected chi connectivity index (χ0v) is 36.6. The Morgan fingerprint density at radius 1 is 0.403 bits per heavy atom. The molecule has 12 heteroatoms. The Morgan fingerprint density at radius 3 is 1.06 bits per heavy atom. The molecule has 0 radical (unpaired) electrons. The molecule has 62 heavy (non-hydrogen) atoms. The minimum Gasteiger partial charge on any atom is -0.356 e. The molecule has 314 valence electrons. The highest BCUT2D eigenvalue weighted by atomic mass is 15.3. The third kappa shape index (κ3) is 9.82. The summed E-state index contributed by atoms with van der Waals surface area (Å²) in [6.45, 7) is 10.3. The van der Waals surface area contributed by atoms with Crippen LogP contribution in [0.5, 0.6) is 0 Å². The smallest absolute Gasteiger partial charge is 0.356 e. The fourth-order valence-electron chi connectivity index (χ4n) is 7.86. The number of anilines is 4. The molecular weight excluding hydrogens is 769 g/mol. The Balaban J connectivity index is 0.773. The lowest BCUT2D eigenvalue weighted by Gasteiger charge is -2.11. The SMILES string of the molecule is Cc1ccc(C)n1-c1ccc(Nc2ccc(N=Nc3n(CCCCCCn4cc[n+](C)c4N=Nc4ccc(Nc5ccc(-n6c(C)ccc6C)cc5)cc4)cc[n+]3C)cc2)cc1. The maximum atomic E-state index is 4.64. The molecule has 2 N–H and O–H groups in total. The predicted molar refractivity (Wildman–Crippen MR) is 248 cm³/mol. The largest absolute Gasteiger partial charge is 0.421 e. The first-order valence-corrected chi connectivity index (χ1v) is 21.4. The van der Waals surface area contributed by atoms with E-state index in [0.29, 0.717) is 0 Å². The molecule has 8 aromatic rings. The highest BCUT2D eigenvalue weighted by Gasteiger charge is 2.16. The van der Waals surface area contributed by atoms with Crippen LogP contribution in [0.3, 0.4) is 0 Å². The van der Waals surface area contributed by atoms with Crippen molar-refractivity contribution in [3.8, 4) is 11.4 Å². The van der Waals surface area contributed by atoms with E-state index in [4.69, 9.17) is 0 Å². The highest BCUT2D eigenvalue weighted by Crippen LogP contribution is 2.26. The molecule has 12 nitrogen and oxygen atoms in total. The summed E-state index contributed by atoms with van der Waals surface area (Å²) in [5, 5.41) is 25.4. The van der Waals surface area contributed by atoms with E-state index in [-0.39, 0.29) is 0 Å². The van der Waals surface area contributed by atoms with Crippen LogP contribution < -0.4 is 19.8 Å². The summed E-state index contributed by atoms with van der Waals surface area (Å²) in [6.07, 6.45) is 12.6. The first-order valence-electron chi connectivity index (χ1n) is 21.4. The topological polar surface area (TPSA) is 101 Å². The number of rotatable bonds is 17. The quantitative estimate of drug-likeness (QED) is 0.0543. The second kappa shape index (κ2) is 18.9. The number of hydrogen-bond acceptors (Lipinski definition) is 6. The average molecular weight is 825 g/mol. The fraction of sp³-hybridized carbons (Fsp3) is 0.240. The molecule has 8 rings (SSSR count). The van der Waals surface area contributed by atoms with Crippen molar-refractivity contribution < 1.29 is 9.13 Å². The van der Waals surface area contributed by atoms with Crippen molar-refractivity contribution >= 4 is 46.0 Å². The molecular formula is C50H56N12+2. The molecule has 0 fully saturated rings. The van der Waals surface area contributed by atoms with Crippen LogP contribution in [0.25, 0.3) is 11.4 Å². The second-order valence-electron chi connectivity index (χ2n) is 16.0. The molecule has 0 bridgehead atoms. The number of aromatic nitrogens is 6. The van der Waals surface area contributed by atoms with E-state index in [9.17, 15) is 0 Å². The third-order valence-electron chi connectivity index (χ3n) is 11.2. The summed E-state index contributed by atoms with van der Waals surface area (Å²) in [5.74, 6) is 1.65. The van der Waals surface area contributed by atoms with Gasteiger partial charge in [0, 0.05) is 67.1 Å².